The second-order valence-electron chi connectivity index (χ2n) is 4.80. The first-order valence-corrected chi connectivity index (χ1v) is 6.27. The van der Waals surface area contributed by atoms with Gasteiger partial charge < -0.3 is 10.1 Å². The molecule has 0 aromatic heterocycles. The molecule has 0 aromatic carbocycles. The lowest BCUT2D eigenvalue weighted by Gasteiger charge is -2.22. The molecule has 1 aliphatic heterocycles. The van der Waals surface area contributed by atoms with Gasteiger partial charge in [-0.25, -0.2) is 0 Å². The zero-order valence-corrected chi connectivity index (χ0v) is 9.13. The number of hydrogen-bond donors (Lipinski definition) is 1. The van der Waals surface area contributed by atoms with Crippen molar-refractivity contribution in [2.75, 3.05) is 19.7 Å². The van der Waals surface area contributed by atoms with Crippen molar-refractivity contribution >= 4 is 0 Å². The summed E-state index contributed by atoms with van der Waals surface area (Å²) in [6.07, 6.45) is 10.3. The van der Waals surface area contributed by atoms with E-state index in [2.05, 4.69) is 5.32 Å². The maximum atomic E-state index is 5.58. The SMILES string of the molecule is C1CCC(CNCC2CCCO2)CC1. The van der Waals surface area contributed by atoms with Gasteiger partial charge >= 0.3 is 0 Å². The Hall–Kier alpha value is -0.0800. The molecule has 0 aromatic rings. The minimum absolute atomic E-state index is 0.513. The molecular weight excluding hydrogens is 174 g/mol. The second-order valence-corrected chi connectivity index (χ2v) is 4.80. The quantitative estimate of drug-likeness (QED) is 0.747. The molecule has 1 saturated heterocycles. The molecule has 1 saturated carbocycles. The molecule has 2 rings (SSSR count). The van der Waals surface area contributed by atoms with Crippen molar-refractivity contribution < 1.29 is 4.74 Å². The minimum atomic E-state index is 0.513. The van der Waals surface area contributed by atoms with Crippen LogP contribution in [-0.2, 0) is 4.74 Å². The largest absolute Gasteiger partial charge is 0.377 e. The molecule has 1 aliphatic carbocycles. The third-order valence-corrected chi connectivity index (χ3v) is 3.55. The standard InChI is InChI=1S/C12H23NO/c1-2-5-11(6-3-1)9-13-10-12-7-4-8-14-12/h11-13H,1-10H2. The number of hydrogen-bond acceptors (Lipinski definition) is 2. The van der Waals surface area contributed by atoms with Crippen molar-refractivity contribution in [3.63, 3.8) is 0 Å². The van der Waals surface area contributed by atoms with Crippen molar-refractivity contribution in [2.45, 2.75) is 51.0 Å². The van der Waals surface area contributed by atoms with Crippen LogP contribution < -0.4 is 5.32 Å². The Kier molecular flexibility index (Phi) is 4.26. The average Bonchev–Trinajstić information content (AvgIpc) is 2.72. The van der Waals surface area contributed by atoms with Gasteiger partial charge in [-0.2, -0.15) is 0 Å². The predicted octanol–water partition coefficient (Wildman–Crippen LogP) is 2.34. The summed E-state index contributed by atoms with van der Waals surface area (Å²) in [6.45, 7) is 3.28. The van der Waals surface area contributed by atoms with Gasteiger partial charge in [0.15, 0.2) is 0 Å². The van der Waals surface area contributed by atoms with Crippen LogP contribution >= 0.6 is 0 Å². The van der Waals surface area contributed by atoms with E-state index >= 15 is 0 Å². The third-order valence-electron chi connectivity index (χ3n) is 3.55. The summed E-state index contributed by atoms with van der Waals surface area (Å²) in [5, 5.41) is 3.57. The van der Waals surface area contributed by atoms with Crippen LogP contribution in [0.25, 0.3) is 0 Å². The van der Waals surface area contributed by atoms with Gasteiger partial charge in [-0.05, 0) is 38.1 Å². The summed E-state index contributed by atoms with van der Waals surface area (Å²) in [5.74, 6) is 0.949. The molecule has 2 fully saturated rings. The molecule has 1 atom stereocenters. The highest BCUT2D eigenvalue weighted by atomic mass is 16.5. The van der Waals surface area contributed by atoms with E-state index in [1.807, 2.05) is 0 Å². The van der Waals surface area contributed by atoms with Crippen molar-refractivity contribution in [1.82, 2.24) is 5.32 Å². The first kappa shape index (κ1) is 10.4. The minimum Gasteiger partial charge on any atom is -0.377 e. The van der Waals surface area contributed by atoms with Crippen molar-refractivity contribution in [2.24, 2.45) is 5.92 Å². The summed E-state index contributed by atoms with van der Waals surface area (Å²) in [5.41, 5.74) is 0. The molecule has 82 valence electrons. The van der Waals surface area contributed by atoms with E-state index in [0.717, 1.165) is 19.1 Å². The normalized spacial score (nSPS) is 29.6. The van der Waals surface area contributed by atoms with Gasteiger partial charge in [-0.1, -0.05) is 19.3 Å². The van der Waals surface area contributed by atoms with E-state index < -0.39 is 0 Å². The summed E-state index contributed by atoms with van der Waals surface area (Å²) >= 11 is 0. The lowest BCUT2D eigenvalue weighted by atomic mass is 9.89. The first-order valence-electron chi connectivity index (χ1n) is 6.27. The highest BCUT2D eigenvalue weighted by molar-refractivity contribution is 4.71. The van der Waals surface area contributed by atoms with Gasteiger partial charge in [0.25, 0.3) is 0 Å². The Morgan fingerprint density at radius 2 is 1.79 bits per heavy atom. The summed E-state index contributed by atoms with van der Waals surface area (Å²) in [6, 6.07) is 0. The fraction of sp³-hybridized carbons (Fsp3) is 1.00. The fourth-order valence-corrected chi connectivity index (χ4v) is 2.65. The predicted molar refractivity (Wildman–Crippen MR) is 58.4 cm³/mol. The smallest absolute Gasteiger partial charge is 0.0700 e. The Morgan fingerprint density at radius 3 is 2.50 bits per heavy atom. The molecule has 2 aliphatic rings. The van der Waals surface area contributed by atoms with Crippen LogP contribution in [0.15, 0.2) is 0 Å². The molecule has 14 heavy (non-hydrogen) atoms. The Bertz CT molecular complexity index is 148. The van der Waals surface area contributed by atoms with E-state index in [9.17, 15) is 0 Å². The highest BCUT2D eigenvalue weighted by Gasteiger charge is 2.16. The molecule has 0 spiro atoms. The lowest BCUT2D eigenvalue weighted by molar-refractivity contribution is 0.108. The summed E-state index contributed by atoms with van der Waals surface area (Å²) in [7, 11) is 0. The van der Waals surface area contributed by atoms with Crippen LogP contribution in [0.4, 0.5) is 0 Å². The molecule has 0 amide bonds. The monoisotopic (exact) mass is 197 g/mol. The summed E-state index contributed by atoms with van der Waals surface area (Å²) < 4.78 is 5.58. The van der Waals surface area contributed by atoms with Crippen LogP contribution in [0.5, 0.6) is 0 Å². The van der Waals surface area contributed by atoms with Crippen LogP contribution in [-0.4, -0.2) is 25.8 Å². The summed E-state index contributed by atoms with van der Waals surface area (Å²) in [4.78, 5) is 0. The maximum Gasteiger partial charge on any atom is 0.0700 e. The van der Waals surface area contributed by atoms with Crippen LogP contribution in [0.1, 0.15) is 44.9 Å². The van der Waals surface area contributed by atoms with E-state index in [0.29, 0.717) is 6.10 Å². The molecule has 1 heterocycles. The molecule has 0 radical (unpaired) electrons. The van der Waals surface area contributed by atoms with Crippen molar-refractivity contribution in [1.29, 1.82) is 0 Å². The van der Waals surface area contributed by atoms with Gasteiger partial charge in [-0.3, -0.25) is 0 Å². The highest BCUT2D eigenvalue weighted by Crippen LogP contribution is 2.22. The zero-order chi connectivity index (χ0) is 9.64. The van der Waals surface area contributed by atoms with Gasteiger partial charge in [-0.15, -0.1) is 0 Å². The lowest BCUT2D eigenvalue weighted by Crippen LogP contribution is -2.31. The van der Waals surface area contributed by atoms with E-state index in [1.54, 1.807) is 0 Å². The molecule has 2 heteroatoms. The molecule has 1 N–H and O–H groups in total. The number of nitrogens with one attached hydrogen (secondary N) is 1. The fourth-order valence-electron chi connectivity index (χ4n) is 2.65. The van der Waals surface area contributed by atoms with Gasteiger partial charge in [0.1, 0.15) is 0 Å². The number of rotatable bonds is 4. The molecular formula is C12H23NO. The van der Waals surface area contributed by atoms with Gasteiger partial charge in [0, 0.05) is 13.2 Å². The van der Waals surface area contributed by atoms with Gasteiger partial charge in [0.05, 0.1) is 6.10 Å². The van der Waals surface area contributed by atoms with Gasteiger partial charge in [0.2, 0.25) is 0 Å². The molecule has 1 unspecified atom stereocenters. The zero-order valence-electron chi connectivity index (χ0n) is 9.13. The van der Waals surface area contributed by atoms with E-state index in [4.69, 9.17) is 4.74 Å². The third kappa shape index (κ3) is 3.25. The van der Waals surface area contributed by atoms with Crippen molar-refractivity contribution in [3.8, 4) is 0 Å². The Balaban J connectivity index is 1.52. The van der Waals surface area contributed by atoms with E-state index in [1.165, 1.54) is 51.5 Å². The van der Waals surface area contributed by atoms with Crippen LogP contribution in [0.3, 0.4) is 0 Å². The second kappa shape index (κ2) is 5.72. The van der Waals surface area contributed by atoms with E-state index in [-0.39, 0.29) is 0 Å². The molecule has 2 nitrogen and oxygen atoms in total. The maximum absolute atomic E-state index is 5.58. The van der Waals surface area contributed by atoms with Crippen LogP contribution in [0, 0.1) is 5.92 Å². The molecule has 0 bridgehead atoms. The Morgan fingerprint density at radius 1 is 0.929 bits per heavy atom. The average molecular weight is 197 g/mol. The van der Waals surface area contributed by atoms with Crippen LogP contribution in [0.2, 0.25) is 0 Å². The van der Waals surface area contributed by atoms with Crippen molar-refractivity contribution in [3.05, 3.63) is 0 Å². The Labute approximate surface area is 87.4 Å². The number of ether oxygens (including phenoxy) is 1. The first-order chi connectivity index (χ1) is 6.95. The topological polar surface area (TPSA) is 21.3 Å².